The Morgan fingerprint density at radius 1 is 1.11 bits per heavy atom. The number of aryl methyl sites for hydroxylation is 1. The predicted molar refractivity (Wildman–Crippen MR) is 108 cm³/mol. The van der Waals surface area contributed by atoms with Crippen molar-refractivity contribution < 1.29 is 9.53 Å². The van der Waals surface area contributed by atoms with Gasteiger partial charge in [-0.15, -0.1) is 0 Å². The van der Waals surface area contributed by atoms with Crippen molar-refractivity contribution in [3.05, 3.63) is 71.3 Å². The summed E-state index contributed by atoms with van der Waals surface area (Å²) in [6, 6.07) is 17.9. The molecule has 1 fully saturated rings. The van der Waals surface area contributed by atoms with Crippen LogP contribution in [0.3, 0.4) is 0 Å². The van der Waals surface area contributed by atoms with Crippen LogP contribution < -0.4 is 5.43 Å². The van der Waals surface area contributed by atoms with Crippen LogP contribution in [0.5, 0.6) is 0 Å². The summed E-state index contributed by atoms with van der Waals surface area (Å²) in [5, 5.41) is 4.43. The molecule has 1 atom stereocenters. The Labute approximate surface area is 161 Å². The second-order valence-electron chi connectivity index (χ2n) is 6.71. The minimum absolute atomic E-state index is 0.0258. The smallest absolute Gasteiger partial charge is 0.271 e. The molecule has 5 heteroatoms. The van der Waals surface area contributed by atoms with E-state index in [9.17, 15) is 4.79 Å². The topological polar surface area (TPSA) is 53.9 Å². The lowest BCUT2D eigenvalue weighted by Gasteiger charge is -2.34. The van der Waals surface area contributed by atoms with E-state index >= 15 is 0 Å². The quantitative estimate of drug-likeness (QED) is 0.630. The van der Waals surface area contributed by atoms with Crippen molar-refractivity contribution >= 4 is 11.6 Å². The van der Waals surface area contributed by atoms with Gasteiger partial charge in [0.25, 0.3) is 5.91 Å². The summed E-state index contributed by atoms with van der Waals surface area (Å²) >= 11 is 0. The van der Waals surface area contributed by atoms with E-state index in [0.717, 1.165) is 25.2 Å². The van der Waals surface area contributed by atoms with Gasteiger partial charge in [0.1, 0.15) is 0 Å². The second kappa shape index (κ2) is 9.44. The summed E-state index contributed by atoms with van der Waals surface area (Å²) in [4.78, 5) is 14.8. The van der Waals surface area contributed by atoms with Crippen molar-refractivity contribution in [1.82, 2.24) is 10.3 Å². The third-order valence-electron chi connectivity index (χ3n) is 4.88. The molecule has 1 aliphatic rings. The average Bonchev–Trinajstić information content (AvgIpc) is 2.74. The highest BCUT2D eigenvalue weighted by Gasteiger charge is 2.25. The third kappa shape index (κ3) is 5.02. The van der Waals surface area contributed by atoms with Crippen molar-refractivity contribution in [2.75, 3.05) is 26.3 Å². The molecule has 2 aromatic rings. The molecule has 0 saturated carbocycles. The molecule has 142 valence electrons. The summed E-state index contributed by atoms with van der Waals surface area (Å²) in [6.07, 6.45) is 0.956. The van der Waals surface area contributed by atoms with Gasteiger partial charge in [-0.25, -0.2) is 5.43 Å². The fourth-order valence-corrected chi connectivity index (χ4v) is 3.34. The Kier molecular flexibility index (Phi) is 6.74. The van der Waals surface area contributed by atoms with Gasteiger partial charge in [-0.3, -0.25) is 9.69 Å². The van der Waals surface area contributed by atoms with Gasteiger partial charge in [0.2, 0.25) is 0 Å². The molecular weight excluding hydrogens is 338 g/mol. The number of hydrazone groups is 1. The van der Waals surface area contributed by atoms with Crippen LogP contribution in [0.2, 0.25) is 0 Å². The molecule has 27 heavy (non-hydrogen) atoms. The lowest BCUT2D eigenvalue weighted by atomic mass is 10.0. The number of amides is 1. The molecule has 0 radical (unpaired) electrons. The number of rotatable bonds is 6. The largest absolute Gasteiger partial charge is 0.379 e. The van der Waals surface area contributed by atoms with Gasteiger partial charge in [-0.05, 0) is 36.6 Å². The molecule has 0 spiro atoms. The summed E-state index contributed by atoms with van der Waals surface area (Å²) in [5.74, 6) is -0.189. The minimum Gasteiger partial charge on any atom is -0.379 e. The van der Waals surface area contributed by atoms with E-state index in [0.29, 0.717) is 18.8 Å². The molecule has 1 N–H and O–H groups in total. The van der Waals surface area contributed by atoms with Gasteiger partial charge in [0.15, 0.2) is 0 Å². The average molecular weight is 365 g/mol. The first-order chi connectivity index (χ1) is 13.2. The SMILES string of the molecule is CCc1ccc(C(=O)N/N=C(/C)[C@H](c2ccccc2)N2CCOCC2)cc1. The zero-order valence-corrected chi connectivity index (χ0v) is 16.0. The van der Waals surface area contributed by atoms with Crippen molar-refractivity contribution in [2.24, 2.45) is 5.10 Å². The molecule has 2 aromatic carbocycles. The molecular formula is C22H27N3O2. The number of morpholine rings is 1. The number of nitrogens with zero attached hydrogens (tertiary/aromatic N) is 2. The van der Waals surface area contributed by atoms with E-state index < -0.39 is 0 Å². The highest BCUT2D eigenvalue weighted by atomic mass is 16.5. The first kappa shape index (κ1) is 19.3. The van der Waals surface area contributed by atoms with Gasteiger partial charge >= 0.3 is 0 Å². The number of nitrogens with one attached hydrogen (secondary N) is 1. The Balaban J connectivity index is 1.75. The van der Waals surface area contributed by atoms with Crippen LogP contribution in [0.4, 0.5) is 0 Å². The molecule has 0 unspecified atom stereocenters. The van der Waals surface area contributed by atoms with Crippen molar-refractivity contribution in [2.45, 2.75) is 26.3 Å². The van der Waals surface area contributed by atoms with E-state index in [-0.39, 0.29) is 11.9 Å². The standard InChI is InChI=1S/C22H27N3O2/c1-3-18-9-11-20(12-10-18)22(26)24-23-17(2)21(19-7-5-4-6-8-19)25-13-15-27-16-14-25/h4-12,21H,3,13-16H2,1-2H3,(H,24,26)/b23-17-/t21-/m1/s1. The number of ether oxygens (including phenoxy) is 1. The van der Waals surface area contributed by atoms with Crippen molar-refractivity contribution in [1.29, 1.82) is 0 Å². The molecule has 0 bridgehead atoms. The van der Waals surface area contributed by atoms with E-state index in [1.165, 1.54) is 11.1 Å². The van der Waals surface area contributed by atoms with Gasteiger partial charge in [-0.2, -0.15) is 5.10 Å². The van der Waals surface area contributed by atoms with E-state index in [1.807, 2.05) is 49.4 Å². The lowest BCUT2D eigenvalue weighted by molar-refractivity contribution is 0.0285. The molecule has 0 aromatic heterocycles. The van der Waals surface area contributed by atoms with Gasteiger partial charge < -0.3 is 4.74 Å². The summed E-state index contributed by atoms with van der Waals surface area (Å²) in [6.45, 7) is 7.18. The van der Waals surface area contributed by atoms with Crippen LogP contribution in [0.1, 0.15) is 41.4 Å². The normalized spacial score (nSPS) is 16.7. The molecule has 0 aliphatic carbocycles. The monoisotopic (exact) mass is 365 g/mol. The highest BCUT2D eigenvalue weighted by Crippen LogP contribution is 2.23. The zero-order valence-electron chi connectivity index (χ0n) is 16.0. The maximum atomic E-state index is 12.4. The first-order valence-electron chi connectivity index (χ1n) is 9.49. The Bertz CT molecular complexity index is 766. The van der Waals surface area contributed by atoms with Gasteiger partial charge in [0.05, 0.1) is 25.0 Å². The minimum atomic E-state index is -0.189. The zero-order chi connectivity index (χ0) is 19.1. The third-order valence-corrected chi connectivity index (χ3v) is 4.88. The van der Waals surface area contributed by atoms with Crippen LogP contribution in [0, 0.1) is 0 Å². The van der Waals surface area contributed by atoms with Crippen LogP contribution >= 0.6 is 0 Å². The number of carbonyl (C=O) groups is 1. The van der Waals surface area contributed by atoms with E-state index in [1.54, 1.807) is 0 Å². The molecule has 1 aliphatic heterocycles. The fraction of sp³-hybridized carbons (Fsp3) is 0.364. The van der Waals surface area contributed by atoms with Crippen LogP contribution in [-0.4, -0.2) is 42.8 Å². The molecule has 1 heterocycles. The Morgan fingerprint density at radius 2 is 1.78 bits per heavy atom. The fourth-order valence-electron chi connectivity index (χ4n) is 3.34. The van der Waals surface area contributed by atoms with E-state index in [4.69, 9.17) is 4.74 Å². The van der Waals surface area contributed by atoms with Crippen LogP contribution in [0.15, 0.2) is 59.7 Å². The summed E-state index contributed by atoms with van der Waals surface area (Å²) in [7, 11) is 0. The number of hydrogen-bond acceptors (Lipinski definition) is 4. The number of benzene rings is 2. The van der Waals surface area contributed by atoms with Crippen LogP contribution in [0.25, 0.3) is 0 Å². The van der Waals surface area contributed by atoms with E-state index in [2.05, 4.69) is 34.5 Å². The highest BCUT2D eigenvalue weighted by molar-refractivity contribution is 5.96. The first-order valence-corrected chi connectivity index (χ1v) is 9.49. The predicted octanol–water partition coefficient (Wildman–Crippen LogP) is 3.43. The molecule has 3 rings (SSSR count). The lowest BCUT2D eigenvalue weighted by Crippen LogP contribution is -2.42. The second-order valence-corrected chi connectivity index (χ2v) is 6.71. The molecule has 1 amide bonds. The maximum absolute atomic E-state index is 12.4. The number of hydrogen-bond donors (Lipinski definition) is 1. The summed E-state index contributed by atoms with van der Waals surface area (Å²) < 4.78 is 5.49. The van der Waals surface area contributed by atoms with Crippen LogP contribution in [-0.2, 0) is 11.2 Å². The maximum Gasteiger partial charge on any atom is 0.271 e. The number of carbonyl (C=O) groups excluding carboxylic acids is 1. The Morgan fingerprint density at radius 3 is 2.41 bits per heavy atom. The van der Waals surface area contributed by atoms with Crippen molar-refractivity contribution in [3.63, 3.8) is 0 Å². The Hall–Kier alpha value is -2.50. The van der Waals surface area contributed by atoms with Crippen molar-refractivity contribution in [3.8, 4) is 0 Å². The van der Waals surface area contributed by atoms with Gasteiger partial charge in [0, 0.05) is 18.7 Å². The van der Waals surface area contributed by atoms with Gasteiger partial charge in [-0.1, -0.05) is 49.4 Å². The molecule has 1 saturated heterocycles. The molecule has 5 nitrogen and oxygen atoms in total. The summed E-state index contributed by atoms with van der Waals surface area (Å²) in [5.41, 5.74) is 6.58.